The van der Waals surface area contributed by atoms with Crippen LogP contribution in [-0.2, 0) is 0 Å². The Kier molecular flexibility index (Phi) is 4.48. The number of pyridine rings is 1. The van der Waals surface area contributed by atoms with Gasteiger partial charge in [-0.15, -0.1) is 11.8 Å². The molecule has 1 aromatic heterocycles. The van der Waals surface area contributed by atoms with Crippen LogP contribution in [0.25, 0.3) is 0 Å². The topological polar surface area (TPSA) is 50.9 Å². The van der Waals surface area contributed by atoms with Crippen molar-refractivity contribution in [3.63, 3.8) is 0 Å². The van der Waals surface area contributed by atoms with Crippen molar-refractivity contribution in [1.82, 2.24) is 10.3 Å². The maximum atomic E-state index is 5.54. The molecule has 0 aliphatic carbocycles. The summed E-state index contributed by atoms with van der Waals surface area (Å²) in [7, 11) is 0. The number of thioether (sulfide) groups is 1. The molecule has 1 aliphatic heterocycles. The second kappa shape index (κ2) is 6.11. The SMILES string of the molecule is Nc1ccc(SCCCC2CCCN2)cn1. The molecular formula is C12H19N3S. The molecule has 88 valence electrons. The quantitative estimate of drug-likeness (QED) is 0.609. The number of nitrogens with two attached hydrogens (primary N) is 1. The van der Waals surface area contributed by atoms with E-state index in [1.54, 1.807) is 0 Å². The van der Waals surface area contributed by atoms with Gasteiger partial charge in [-0.25, -0.2) is 4.98 Å². The van der Waals surface area contributed by atoms with Crippen molar-refractivity contribution in [2.75, 3.05) is 18.0 Å². The van der Waals surface area contributed by atoms with Gasteiger partial charge in [0, 0.05) is 17.1 Å². The summed E-state index contributed by atoms with van der Waals surface area (Å²) in [5.41, 5.74) is 5.54. The monoisotopic (exact) mass is 237 g/mol. The normalized spacial score (nSPS) is 20.1. The molecule has 4 heteroatoms. The predicted octanol–water partition coefficient (Wildman–Crippen LogP) is 2.29. The Morgan fingerprint density at radius 2 is 2.44 bits per heavy atom. The van der Waals surface area contributed by atoms with E-state index >= 15 is 0 Å². The lowest BCUT2D eigenvalue weighted by Crippen LogP contribution is -2.20. The van der Waals surface area contributed by atoms with Gasteiger partial charge >= 0.3 is 0 Å². The summed E-state index contributed by atoms with van der Waals surface area (Å²) in [4.78, 5) is 5.30. The van der Waals surface area contributed by atoms with E-state index in [9.17, 15) is 0 Å². The molecule has 0 saturated carbocycles. The molecule has 0 amide bonds. The molecule has 1 aromatic rings. The smallest absolute Gasteiger partial charge is 0.123 e. The fourth-order valence-corrected chi connectivity index (χ4v) is 2.84. The van der Waals surface area contributed by atoms with Crippen LogP contribution in [0.15, 0.2) is 23.2 Å². The van der Waals surface area contributed by atoms with E-state index in [4.69, 9.17) is 5.73 Å². The minimum Gasteiger partial charge on any atom is -0.384 e. The van der Waals surface area contributed by atoms with Gasteiger partial charge in [-0.2, -0.15) is 0 Å². The number of hydrogen-bond donors (Lipinski definition) is 2. The summed E-state index contributed by atoms with van der Waals surface area (Å²) >= 11 is 1.87. The van der Waals surface area contributed by atoms with E-state index in [-0.39, 0.29) is 0 Å². The zero-order valence-corrected chi connectivity index (χ0v) is 10.3. The fraction of sp³-hybridized carbons (Fsp3) is 0.583. The largest absolute Gasteiger partial charge is 0.384 e. The molecular weight excluding hydrogens is 218 g/mol. The second-order valence-electron chi connectivity index (χ2n) is 4.20. The van der Waals surface area contributed by atoms with E-state index in [0.717, 1.165) is 6.04 Å². The number of nitrogens with zero attached hydrogens (tertiary/aromatic N) is 1. The van der Waals surface area contributed by atoms with Crippen LogP contribution in [-0.4, -0.2) is 23.3 Å². The molecule has 1 atom stereocenters. The van der Waals surface area contributed by atoms with E-state index in [2.05, 4.69) is 10.3 Å². The lowest BCUT2D eigenvalue weighted by Gasteiger charge is -2.08. The zero-order valence-electron chi connectivity index (χ0n) is 9.48. The highest BCUT2D eigenvalue weighted by atomic mass is 32.2. The van der Waals surface area contributed by atoms with Crippen LogP contribution >= 0.6 is 11.8 Å². The number of nitrogens with one attached hydrogen (secondary N) is 1. The lowest BCUT2D eigenvalue weighted by atomic mass is 10.1. The average Bonchev–Trinajstić information content (AvgIpc) is 2.80. The van der Waals surface area contributed by atoms with Crippen LogP contribution in [0.4, 0.5) is 5.82 Å². The standard InChI is InChI=1S/C12H19N3S/c13-12-6-5-11(9-15-12)16-8-2-4-10-3-1-7-14-10/h5-6,9-10,14H,1-4,7-8H2,(H2,13,15). The van der Waals surface area contributed by atoms with Crippen LogP contribution in [0.3, 0.4) is 0 Å². The summed E-state index contributed by atoms with van der Waals surface area (Å²) < 4.78 is 0. The summed E-state index contributed by atoms with van der Waals surface area (Å²) in [5.74, 6) is 1.77. The Hall–Kier alpha value is -0.740. The average molecular weight is 237 g/mol. The third-order valence-electron chi connectivity index (χ3n) is 2.89. The third-order valence-corrected chi connectivity index (χ3v) is 3.95. The van der Waals surface area contributed by atoms with Gasteiger partial charge in [-0.3, -0.25) is 0 Å². The first-order chi connectivity index (χ1) is 7.84. The highest BCUT2D eigenvalue weighted by Gasteiger charge is 2.12. The number of rotatable bonds is 5. The summed E-state index contributed by atoms with van der Waals surface area (Å²) in [6.07, 6.45) is 7.13. The van der Waals surface area contributed by atoms with Crippen molar-refractivity contribution in [3.05, 3.63) is 18.3 Å². The Labute approximate surface area is 101 Å². The van der Waals surface area contributed by atoms with Gasteiger partial charge in [0.2, 0.25) is 0 Å². The van der Waals surface area contributed by atoms with Gasteiger partial charge in [0.25, 0.3) is 0 Å². The van der Waals surface area contributed by atoms with E-state index < -0.39 is 0 Å². The Bertz CT molecular complexity index is 307. The van der Waals surface area contributed by atoms with Gasteiger partial charge in [-0.05, 0) is 50.1 Å². The maximum Gasteiger partial charge on any atom is 0.123 e. The van der Waals surface area contributed by atoms with Crippen LogP contribution in [0.1, 0.15) is 25.7 Å². The minimum atomic E-state index is 0.597. The van der Waals surface area contributed by atoms with Crippen molar-refractivity contribution < 1.29 is 0 Å². The summed E-state index contributed by atoms with van der Waals surface area (Å²) in [6.45, 7) is 1.21. The van der Waals surface area contributed by atoms with Crippen molar-refractivity contribution in [2.24, 2.45) is 0 Å². The first-order valence-corrected chi connectivity index (χ1v) is 6.91. The van der Waals surface area contributed by atoms with Gasteiger partial charge in [0.15, 0.2) is 0 Å². The molecule has 1 saturated heterocycles. The molecule has 3 N–H and O–H groups in total. The number of nitrogen functional groups attached to an aromatic ring is 1. The Balaban J connectivity index is 1.62. The molecule has 3 nitrogen and oxygen atoms in total. The first-order valence-electron chi connectivity index (χ1n) is 5.92. The first kappa shape index (κ1) is 11.7. The minimum absolute atomic E-state index is 0.597. The number of aromatic nitrogens is 1. The van der Waals surface area contributed by atoms with Gasteiger partial charge in [0.1, 0.15) is 5.82 Å². The van der Waals surface area contributed by atoms with Crippen LogP contribution in [0, 0.1) is 0 Å². The predicted molar refractivity (Wildman–Crippen MR) is 69.6 cm³/mol. The molecule has 0 radical (unpaired) electrons. The van der Waals surface area contributed by atoms with Gasteiger partial charge in [0.05, 0.1) is 0 Å². The molecule has 2 rings (SSSR count). The van der Waals surface area contributed by atoms with Crippen LogP contribution in [0.5, 0.6) is 0 Å². The van der Waals surface area contributed by atoms with E-state index in [1.165, 1.54) is 42.9 Å². The molecule has 0 aromatic carbocycles. The molecule has 1 aliphatic rings. The van der Waals surface area contributed by atoms with Gasteiger partial charge < -0.3 is 11.1 Å². The number of hydrogen-bond acceptors (Lipinski definition) is 4. The molecule has 0 bridgehead atoms. The van der Waals surface area contributed by atoms with Crippen molar-refractivity contribution >= 4 is 17.6 Å². The highest BCUT2D eigenvalue weighted by molar-refractivity contribution is 7.99. The Morgan fingerprint density at radius 3 is 3.12 bits per heavy atom. The van der Waals surface area contributed by atoms with Crippen LogP contribution in [0.2, 0.25) is 0 Å². The fourth-order valence-electron chi connectivity index (χ4n) is 2.00. The molecule has 16 heavy (non-hydrogen) atoms. The maximum absolute atomic E-state index is 5.54. The van der Waals surface area contributed by atoms with E-state index in [0.29, 0.717) is 5.82 Å². The summed E-state index contributed by atoms with van der Waals surface area (Å²) in [5, 5.41) is 3.52. The summed E-state index contributed by atoms with van der Waals surface area (Å²) in [6, 6.07) is 4.67. The zero-order chi connectivity index (χ0) is 11.2. The van der Waals surface area contributed by atoms with Gasteiger partial charge in [-0.1, -0.05) is 0 Å². The third kappa shape index (κ3) is 3.68. The lowest BCUT2D eigenvalue weighted by molar-refractivity contribution is 0.553. The van der Waals surface area contributed by atoms with Crippen molar-refractivity contribution in [1.29, 1.82) is 0 Å². The molecule has 1 unspecified atom stereocenters. The van der Waals surface area contributed by atoms with Crippen molar-refractivity contribution in [3.8, 4) is 0 Å². The molecule has 0 spiro atoms. The second-order valence-corrected chi connectivity index (χ2v) is 5.37. The Morgan fingerprint density at radius 1 is 1.50 bits per heavy atom. The number of anilines is 1. The molecule has 1 fully saturated rings. The molecule has 2 heterocycles. The highest BCUT2D eigenvalue weighted by Crippen LogP contribution is 2.20. The van der Waals surface area contributed by atoms with Crippen molar-refractivity contribution in [2.45, 2.75) is 36.6 Å². The van der Waals surface area contributed by atoms with E-state index in [1.807, 2.05) is 30.1 Å². The van der Waals surface area contributed by atoms with Crippen LogP contribution < -0.4 is 11.1 Å².